The summed E-state index contributed by atoms with van der Waals surface area (Å²) in [6.07, 6.45) is 2.68. The van der Waals surface area contributed by atoms with E-state index in [0.29, 0.717) is 11.7 Å². The van der Waals surface area contributed by atoms with Gasteiger partial charge in [-0.2, -0.15) is 0 Å². The van der Waals surface area contributed by atoms with Crippen LogP contribution in [0.15, 0.2) is 27.6 Å². The van der Waals surface area contributed by atoms with Crippen LogP contribution in [0.3, 0.4) is 0 Å². The molecular formula is C10H9BrOS. The molecule has 0 N–H and O–H groups in total. The van der Waals surface area contributed by atoms with Crippen LogP contribution in [0.5, 0.6) is 0 Å². The Kier molecular flexibility index (Phi) is 2.74. The van der Waals surface area contributed by atoms with Crippen LogP contribution in [0.2, 0.25) is 0 Å². The monoisotopic (exact) mass is 256 g/mol. The highest BCUT2D eigenvalue weighted by molar-refractivity contribution is 9.10. The van der Waals surface area contributed by atoms with Crippen LogP contribution >= 0.6 is 27.7 Å². The van der Waals surface area contributed by atoms with E-state index in [0.717, 1.165) is 12.7 Å². The Morgan fingerprint density at radius 3 is 3.15 bits per heavy atom. The zero-order chi connectivity index (χ0) is 9.26. The minimum absolute atomic E-state index is 0.450. The van der Waals surface area contributed by atoms with Crippen LogP contribution in [-0.2, 0) is 11.2 Å². The molecule has 68 valence electrons. The highest BCUT2D eigenvalue weighted by Crippen LogP contribution is 2.41. The molecule has 0 saturated heterocycles. The van der Waals surface area contributed by atoms with Gasteiger partial charge in [-0.25, -0.2) is 0 Å². The molecule has 1 unspecified atom stereocenters. The Bertz CT molecular complexity index is 338. The predicted octanol–water partition coefficient (Wildman–Crippen LogP) is 3.05. The second-order valence-corrected chi connectivity index (χ2v) is 5.26. The van der Waals surface area contributed by atoms with Gasteiger partial charge in [0.15, 0.2) is 0 Å². The molecule has 1 aliphatic heterocycles. The number of hydrogen-bond acceptors (Lipinski definition) is 2. The Labute approximate surface area is 90.0 Å². The third kappa shape index (κ3) is 1.81. The standard InChI is InChI=1S/C10H9BrOS/c11-9-2-1-3-10-8(9)6-7(13-10)4-5-12/h1-3,5,7H,4,6H2. The summed E-state index contributed by atoms with van der Waals surface area (Å²) in [6.45, 7) is 0. The average molecular weight is 257 g/mol. The maximum atomic E-state index is 10.4. The van der Waals surface area contributed by atoms with Crippen molar-refractivity contribution >= 4 is 34.0 Å². The van der Waals surface area contributed by atoms with Crippen molar-refractivity contribution in [3.05, 3.63) is 28.2 Å². The molecule has 1 nitrogen and oxygen atoms in total. The molecule has 0 radical (unpaired) electrons. The lowest BCUT2D eigenvalue weighted by Gasteiger charge is -2.00. The molecule has 0 bridgehead atoms. The van der Waals surface area contributed by atoms with Crippen LogP contribution in [-0.4, -0.2) is 11.5 Å². The van der Waals surface area contributed by atoms with Gasteiger partial charge in [0, 0.05) is 21.0 Å². The summed E-state index contributed by atoms with van der Waals surface area (Å²) in [5.41, 5.74) is 1.36. The fraction of sp³-hybridized carbons (Fsp3) is 0.300. The van der Waals surface area contributed by atoms with Crippen molar-refractivity contribution in [2.75, 3.05) is 0 Å². The molecule has 2 rings (SSSR count). The van der Waals surface area contributed by atoms with E-state index < -0.39 is 0 Å². The zero-order valence-corrected chi connectivity index (χ0v) is 9.40. The second kappa shape index (κ2) is 3.84. The zero-order valence-electron chi connectivity index (χ0n) is 7.00. The van der Waals surface area contributed by atoms with Gasteiger partial charge < -0.3 is 4.79 Å². The molecular weight excluding hydrogens is 248 g/mol. The lowest BCUT2D eigenvalue weighted by molar-refractivity contribution is -0.107. The number of carbonyl (C=O) groups excluding carboxylic acids is 1. The summed E-state index contributed by atoms with van der Waals surface area (Å²) >= 11 is 5.34. The van der Waals surface area contributed by atoms with Crippen molar-refractivity contribution in [1.82, 2.24) is 0 Å². The maximum absolute atomic E-state index is 10.4. The van der Waals surface area contributed by atoms with Crippen LogP contribution in [0.25, 0.3) is 0 Å². The normalized spacial score (nSPS) is 19.9. The van der Waals surface area contributed by atoms with E-state index in [9.17, 15) is 4.79 Å². The Morgan fingerprint density at radius 1 is 1.62 bits per heavy atom. The maximum Gasteiger partial charge on any atom is 0.121 e. The molecule has 1 aromatic rings. The number of benzene rings is 1. The van der Waals surface area contributed by atoms with E-state index in [-0.39, 0.29) is 0 Å². The van der Waals surface area contributed by atoms with Gasteiger partial charge in [0.25, 0.3) is 0 Å². The number of aldehydes is 1. The smallest absolute Gasteiger partial charge is 0.121 e. The predicted molar refractivity (Wildman–Crippen MR) is 58.2 cm³/mol. The molecule has 13 heavy (non-hydrogen) atoms. The SMILES string of the molecule is O=CCC1Cc2c(Br)cccc2S1. The quantitative estimate of drug-likeness (QED) is 0.757. The first-order valence-corrected chi connectivity index (χ1v) is 5.86. The summed E-state index contributed by atoms with van der Waals surface area (Å²) in [5.74, 6) is 0. The molecule has 1 aliphatic rings. The summed E-state index contributed by atoms with van der Waals surface area (Å²) < 4.78 is 1.17. The molecule has 1 atom stereocenters. The van der Waals surface area contributed by atoms with Gasteiger partial charge in [-0.3, -0.25) is 0 Å². The highest BCUT2D eigenvalue weighted by atomic mass is 79.9. The van der Waals surface area contributed by atoms with E-state index in [4.69, 9.17) is 0 Å². The van der Waals surface area contributed by atoms with E-state index in [1.165, 1.54) is 14.9 Å². The van der Waals surface area contributed by atoms with Gasteiger partial charge in [-0.1, -0.05) is 22.0 Å². The van der Waals surface area contributed by atoms with Crippen molar-refractivity contribution < 1.29 is 4.79 Å². The Hall–Kier alpha value is -0.280. The Morgan fingerprint density at radius 2 is 2.46 bits per heavy atom. The van der Waals surface area contributed by atoms with Crippen LogP contribution in [0.1, 0.15) is 12.0 Å². The molecule has 0 aromatic heterocycles. The molecule has 0 spiro atoms. The van der Waals surface area contributed by atoms with Gasteiger partial charge in [0.1, 0.15) is 6.29 Å². The number of fused-ring (bicyclic) bond motifs is 1. The number of hydrogen-bond donors (Lipinski definition) is 0. The van der Waals surface area contributed by atoms with Crippen molar-refractivity contribution in [2.45, 2.75) is 23.0 Å². The molecule has 0 amide bonds. The summed E-state index contributed by atoms with van der Waals surface area (Å²) in [5, 5.41) is 0.450. The van der Waals surface area contributed by atoms with E-state index in [1.807, 2.05) is 17.8 Å². The van der Waals surface area contributed by atoms with E-state index in [2.05, 4.69) is 28.1 Å². The molecule has 0 fully saturated rings. The van der Waals surface area contributed by atoms with Gasteiger partial charge in [-0.05, 0) is 24.1 Å². The van der Waals surface area contributed by atoms with Gasteiger partial charge in [-0.15, -0.1) is 11.8 Å². The van der Waals surface area contributed by atoms with E-state index >= 15 is 0 Å². The Balaban J connectivity index is 2.24. The lowest BCUT2D eigenvalue weighted by Crippen LogP contribution is -2.00. The number of thioether (sulfide) groups is 1. The highest BCUT2D eigenvalue weighted by Gasteiger charge is 2.23. The fourth-order valence-corrected chi connectivity index (χ4v) is 3.47. The van der Waals surface area contributed by atoms with Crippen LogP contribution < -0.4 is 0 Å². The summed E-state index contributed by atoms with van der Waals surface area (Å²) in [4.78, 5) is 11.7. The number of carbonyl (C=O) groups is 1. The summed E-state index contributed by atoms with van der Waals surface area (Å²) in [6, 6.07) is 6.22. The number of rotatable bonds is 2. The van der Waals surface area contributed by atoms with Crippen molar-refractivity contribution in [2.24, 2.45) is 0 Å². The lowest BCUT2D eigenvalue weighted by atomic mass is 10.1. The van der Waals surface area contributed by atoms with Crippen molar-refractivity contribution in [3.8, 4) is 0 Å². The molecule has 0 aliphatic carbocycles. The minimum Gasteiger partial charge on any atom is -0.303 e. The van der Waals surface area contributed by atoms with Gasteiger partial charge >= 0.3 is 0 Å². The first kappa shape index (κ1) is 9.28. The van der Waals surface area contributed by atoms with Gasteiger partial charge in [0.05, 0.1) is 0 Å². The van der Waals surface area contributed by atoms with Crippen molar-refractivity contribution in [3.63, 3.8) is 0 Å². The van der Waals surface area contributed by atoms with Gasteiger partial charge in [0.2, 0.25) is 0 Å². The first-order valence-electron chi connectivity index (χ1n) is 4.19. The third-order valence-electron chi connectivity index (χ3n) is 2.16. The second-order valence-electron chi connectivity index (χ2n) is 3.06. The average Bonchev–Trinajstić information content (AvgIpc) is 2.49. The van der Waals surface area contributed by atoms with Crippen molar-refractivity contribution in [1.29, 1.82) is 0 Å². The molecule has 0 saturated carbocycles. The topological polar surface area (TPSA) is 17.1 Å². The van der Waals surface area contributed by atoms with Crippen LogP contribution in [0, 0.1) is 0 Å². The largest absolute Gasteiger partial charge is 0.303 e. The first-order chi connectivity index (χ1) is 6.31. The molecule has 1 heterocycles. The fourth-order valence-electron chi connectivity index (χ4n) is 1.54. The van der Waals surface area contributed by atoms with Crippen LogP contribution in [0.4, 0.5) is 0 Å². The van der Waals surface area contributed by atoms with E-state index in [1.54, 1.807) is 0 Å². The minimum atomic E-state index is 0.450. The molecule has 1 aromatic carbocycles. The third-order valence-corrected chi connectivity index (χ3v) is 4.23. The summed E-state index contributed by atoms with van der Waals surface area (Å²) in [7, 11) is 0. The molecule has 3 heteroatoms. The number of halogens is 1.